The molecule has 0 amide bonds. The van der Waals surface area contributed by atoms with Crippen LogP contribution in [0.4, 0.5) is 4.39 Å². The van der Waals surface area contributed by atoms with Crippen molar-refractivity contribution < 1.29 is 4.39 Å². The topological polar surface area (TPSA) is 26.0 Å². The van der Waals surface area contributed by atoms with Crippen molar-refractivity contribution in [1.29, 1.82) is 0 Å². The molecule has 1 atom stereocenters. The van der Waals surface area contributed by atoms with Crippen molar-refractivity contribution in [2.45, 2.75) is 31.7 Å². The lowest BCUT2D eigenvalue weighted by Gasteiger charge is -2.25. The molecule has 100 valence electrons. The fourth-order valence-electron chi connectivity index (χ4n) is 2.24. The maximum Gasteiger partial charge on any atom is 0.126 e. The van der Waals surface area contributed by atoms with E-state index in [-0.39, 0.29) is 5.82 Å². The Morgan fingerprint density at radius 2 is 1.63 bits per heavy atom. The van der Waals surface area contributed by atoms with Crippen molar-refractivity contribution >= 4 is 0 Å². The zero-order chi connectivity index (χ0) is 13.7. The first-order valence-corrected chi connectivity index (χ1v) is 6.63. The van der Waals surface area contributed by atoms with Crippen molar-refractivity contribution in [1.82, 2.24) is 0 Å². The molecular weight excluding hydrogens is 237 g/mol. The lowest BCUT2D eigenvalue weighted by atomic mass is 9.88. The zero-order valence-electron chi connectivity index (χ0n) is 11.3. The molecule has 19 heavy (non-hydrogen) atoms. The zero-order valence-corrected chi connectivity index (χ0v) is 11.3. The van der Waals surface area contributed by atoms with Gasteiger partial charge in [0.15, 0.2) is 0 Å². The molecule has 0 fully saturated rings. The molecule has 0 aliphatic rings. The summed E-state index contributed by atoms with van der Waals surface area (Å²) in [7, 11) is 0. The van der Waals surface area contributed by atoms with Crippen molar-refractivity contribution in [3.05, 3.63) is 71.5 Å². The molecule has 0 aliphatic heterocycles. The summed E-state index contributed by atoms with van der Waals surface area (Å²) in [6, 6.07) is 17.1. The maximum atomic E-state index is 13.6. The van der Waals surface area contributed by atoms with Gasteiger partial charge in [-0.25, -0.2) is 4.39 Å². The second-order valence-corrected chi connectivity index (χ2v) is 5.41. The van der Waals surface area contributed by atoms with Crippen molar-refractivity contribution in [3.63, 3.8) is 0 Å². The average Bonchev–Trinajstić information content (AvgIpc) is 2.40. The molecule has 2 aromatic rings. The summed E-state index contributed by atoms with van der Waals surface area (Å²) in [5, 5.41) is 0. The number of aryl methyl sites for hydroxylation is 1. The third-order valence-electron chi connectivity index (χ3n) is 3.38. The van der Waals surface area contributed by atoms with Gasteiger partial charge in [0.05, 0.1) is 0 Å². The van der Waals surface area contributed by atoms with E-state index in [9.17, 15) is 4.39 Å². The van der Waals surface area contributed by atoms with Crippen LogP contribution in [0.3, 0.4) is 0 Å². The van der Waals surface area contributed by atoms with Gasteiger partial charge in [0.1, 0.15) is 5.82 Å². The number of rotatable bonds is 5. The van der Waals surface area contributed by atoms with Gasteiger partial charge in [0, 0.05) is 5.54 Å². The monoisotopic (exact) mass is 257 g/mol. The van der Waals surface area contributed by atoms with Gasteiger partial charge in [0.2, 0.25) is 0 Å². The van der Waals surface area contributed by atoms with Gasteiger partial charge in [-0.3, -0.25) is 0 Å². The lowest BCUT2D eigenvalue weighted by molar-refractivity contribution is 0.421. The molecule has 0 saturated carbocycles. The molecular formula is C17H20FN. The van der Waals surface area contributed by atoms with Crippen LogP contribution in [0.15, 0.2) is 54.6 Å². The summed E-state index contributed by atoms with van der Waals surface area (Å²) in [6.45, 7) is 1.99. The number of hydrogen-bond donors (Lipinski definition) is 1. The summed E-state index contributed by atoms with van der Waals surface area (Å²) < 4.78 is 13.6. The highest BCUT2D eigenvalue weighted by molar-refractivity contribution is 5.20. The fraction of sp³-hybridized carbons (Fsp3) is 0.294. The Labute approximate surface area is 114 Å². The Morgan fingerprint density at radius 1 is 1.00 bits per heavy atom. The second-order valence-electron chi connectivity index (χ2n) is 5.41. The van der Waals surface area contributed by atoms with Crippen LogP contribution in [0.1, 0.15) is 24.5 Å². The van der Waals surface area contributed by atoms with Crippen LogP contribution in [0.5, 0.6) is 0 Å². The first-order valence-electron chi connectivity index (χ1n) is 6.63. The van der Waals surface area contributed by atoms with E-state index in [1.165, 1.54) is 11.6 Å². The predicted octanol–water partition coefficient (Wildman–Crippen LogP) is 3.72. The van der Waals surface area contributed by atoms with E-state index in [2.05, 4.69) is 12.1 Å². The minimum Gasteiger partial charge on any atom is -0.325 e. The predicted molar refractivity (Wildman–Crippen MR) is 77.5 cm³/mol. The van der Waals surface area contributed by atoms with Crippen LogP contribution in [-0.2, 0) is 12.8 Å². The van der Waals surface area contributed by atoms with Gasteiger partial charge in [-0.15, -0.1) is 0 Å². The molecule has 0 aromatic heterocycles. The Morgan fingerprint density at radius 3 is 2.32 bits per heavy atom. The average molecular weight is 257 g/mol. The first-order chi connectivity index (χ1) is 9.07. The highest BCUT2D eigenvalue weighted by atomic mass is 19.1. The molecule has 2 N–H and O–H groups in total. The number of hydrogen-bond acceptors (Lipinski definition) is 1. The molecule has 0 saturated heterocycles. The summed E-state index contributed by atoms with van der Waals surface area (Å²) in [5.41, 5.74) is 7.87. The maximum absolute atomic E-state index is 13.6. The number of halogens is 1. The largest absolute Gasteiger partial charge is 0.325 e. The van der Waals surface area contributed by atoms with Gasteiger partial charge < -0.3 is 5.73 Å². The van der Waals surface area contributed by atoms with Gasteiger partial charge in [-0.05, 0) is 43.4 Å². The quantitative estimate of drug-likeness (QED) is 0.868. The molecule has 1 unspecified atom stereocenters. The Kier molecular flexibility index (Phi) is 4.33. The van der Waals surface area contributed by atoms with E-state index >= 15 is 0 Å². The van der Waals surface area contributed by atoms with Crippen LogP contribution >= 0.6 is 0 Å². The van der Waals surface area contributed by atoms with Gasteiger partial charge in [0.25, 0.3) is 0 Å². The SMILES string of the molecule is CC(N)(CCc1ccccc1)Cc1ccccc1F. The molecule has 1 nitrogen and oxygen atoms in total. The van der Waals surface area contributed by atoms with Gasteiger partial charge in [-0.2, -0.15) is 0 Å². The van der Waals surface area contributed by atoms with E-state index in [4.69, 9.17) is 5.73 Å². The van der Waals surface area contributed by atoms with Crippen LogP contribution in [0.2, 0.25) is 0 Å². The summed E-state index contributed by atoms with van der Waals surface area (Å²) in [6.07, 6.45) is 2.32. The summed E-state index contributed by atoms with van der Waals surface area (Å²) in [4.78, 5) is 0. The van der Waals surface area contributed by atoms with Crippen LogP contribution < -0.4 is 5.73 Å². The summed E-state index contributed by atoms with van der Waals surface area (Å²) >= 11 is 0. The molecule has 0 aliphatic carbocycles. The normalized spacial score (nSPS) is 14.1. The molecule has 2 rings (SSSR count). The van der Waals surface area contributed by atoms with Crippen molar-refractivity contribution in [2.24, 2.45) is 5.73 Å². The summed E-state index contributed by atoms with van der Waals surface area (Å²) in [5.74, 6) is -0.168. The standard InChI is InChI=1S/C17H20FN/c1-17(19,12-11-14-7-3-2-4-8-14)13-15-9-5-6-10-16(15)18/h2-10H,11-13,19H2,1H3. The molecule has 0 radical (unpaired) electrons. The lowest BCUT2D eigenvalue weighted by Crippen LogP contribution is -2.39. The number of benzene rings is 2. The third kappa shape index (κ3) is 4.18. The fourth-order valence-corrected chi connectivity index (χ4v) is 2.24. The Bertz CT molecular complexity index is 520. The molecule has 0 heterocycles. The Hall–Kier alpha value is -1.67. The molecule has 2 aromatic carbocycles. The molecule has 0 spiro atoms. The van der Waals surface area contributed by atoms with E-state index in [1.54, 1.807) is 6.07 Å². The van der Waals surface area contributed by atoms with Crippen LogP contribution in [-0.4, -0.2) is 5.54 Å². The van der Waals surface area contributed by atoms with E-state index in [0.717, 1.165) is 12.8 Å². The first kappa shape index (κ1) is 13.8. The second kappa shape index (κ2) is 5.98. The highest BCUT2D eigenvalue weighted by Crippen LogP contribution is 2.19. The highest BCUT2D eigenvalue weighted by Gasteiger charge is 2.20. The molecule has 0 bridgehead atoms. The van der Waals surface area contributed by atoms with Crippen molar-refractivity contribution in [3.8, 4) is 0 Å². The Balaban J connectivity index is 1.97. The van der Waals surface area contributed by atoms with Gasteiger partial charge in [-0.1, -0.05) is 48.5 Å². The smallest absolute Gasteiger partial charge is 0.126 e. The van der Waals surface area contributed by atoms with Gasteiger partial charge >= 0.3 is 0 Å². The third-order valence-corrected chi connectivity index (χ3v) is 3.38. The van der Waals surface area contributed by atoms with E-state index in [0.29, 0.717) is 12.0 Å². The van der Waals surface area contributed by atoms with E-state index in [1.807, 2.05) is 37.3 Å². The van der Waals surface area contributed by atoms with Crippen LogP contribution in [0.25, 0.3) is 0 Å². The minimum atomic E-state index is -0.391. The molecule has 2 heteroatoms. The van der Waals surface area contributed by atoms with E-state index < -0.39 is 5.54 Å². The minimum absolute atomic E-state index is 0.168. The van der Waals surface area contributed by atoms with Crippen LogP contribution in [0, 0.1) is 5.82 Å². The van der Waals surface area contributed by atoms with Crippen molar-refractivity contribution in [2.75, 3.05) is 0 Å². The number of nitrogens with two attached hydrogens (primary N) is 1.